The summed E-state index contributed by atoms with van der Waals surface area (Å²) in [5.41, 5.74) is 36.7. The van der Waals surface area contributed by atoms with Gasteiger partial charge in [-0.3, -0.25) is 0 Å². The van der Waals surface area contributed by atoms with Crippen molar-refractivity contribution in [1.29, 1.82) is 0 Å². The van der Waals surface area contributed by atoms with Crippen LogP contribution in [0.15, 0.2) is 42.5 Å². The summed E-state index contributed by atoms with van der Waals surface area (Å²) in [4.78, 5) is 0. The summed E-state index contributed by atoms with van der Waals surface area (Å²) in [6.45, 7) is 6.91. The maximum atomic E-state index is 6.03. The fourth-order valence-corrected chi connectivity index (χ4v) is 5.30. The number of nitrogens with two attached hydrogens (primary N) is 4. The second kappa shape index (κ2) is 13.6. The van der Waals surface area contributed by atoms with Crippen LogP contribution in [0.3, 0.4) is 0 Å². The van der Waals surface area contributed by atoms with E-state index < -0.39 is 0 Å². The predicted octanol–water partition coefficient (Wildman–Crippen LogP) is 4.16. The van der Waals surface area contributed by atoms with Crippen LogP contribution in [0.4, 0.5) is 0 Å². The summed E-state index contributed by atoms with van der Waals surface area (Å²) in [5.74, 6) is 0.859. The van der Waals surface area contributed by atoms with Gasteiger partial charge in [-0.15, -0.1) is 0 Å². The average Bonchev–Trinajstić information content (AvgIpc) is 2.88. The van der Waals surface area contributed by atoms with Crippen molar-refractivity contribution in [3.8, 4) is 28.0 Å². The van der Waals surface area contributed by atoms with Gasteiger partial charge in [-0.2, -0.15) is 0 Å². The third kappa shape index (κ3) is 6.34. The molecule has 0 aliphatic rings. The fraction of sp³-hybridized carbons (Fsp3) is 0.419. The number of methoxy groups -OCH3 is 1. The van der Waals surface area contributed by atoms with Crippen molar-refractivity contribution in [3.05, 3.63) is 75.8 Å². The van der Waals surface area contributed by atoms with E-state index in [0.717, 1.165) is 44.3 Å². The third-order valence-electron chi connectivity index (χ3n) is 6.90. The van der Waals surface area contributed by atoms with E-state index in [1.54, 1.807) is 7.11 Å². The summed E-state index contributed by atoms with van der Waals surface area (Å²) in [6.07, 6.45) is 5.19. The summed E-state index contributed by atoms with van der Waals surface area (Å²) < 4.78 is 5.61. The molecule has 0 radical (unpaired) electrons. The lowest BCUT2D eigenvalue weighted by Crippen LogP contribution is -2.10. The molecule has 0 saturated carbocycles. The molecule has 3 aromatic rings. The monoisotopic (exact) mass is 488 g/mol. The van der Waals surface area contributed by atoms with E-state index in [2.05, 4.69) is 56.3 Å². The normalized spacial score (nSPS) is 11.2. The second-order valence-electron chi connectivity index (χ2n) is 9.39. The molecule has 8 N–H and O–H groups in total. The molecule has 0 heterocycles. The Bertz CT molecular complexity index is 1080. The van der Waals surface area contributed by atoms with Gasteiger partial charge in [0.15, 0.2) is 0 Å². The van der Waals surface area contributed by atoms with E-state index in [1.165, 1.54) is 55.6 Å². The van der Waals surface area contributed by atoms with Crippen LogP contribution in [-0.4, -0.2) is 33.3 Å². The van der Waals surface area contributed by atoms with Gasteiger partial charge in [0.05, 0.1) is 7.11 Å². The smallest absolute Gasteiger partial charge is 0.119 e. The standard InChI is InChI=1S/C31H44N4O/c1-4-23-17-28(31-25(8-12-34)19-29(36-3)20-26(31)9-13-35)18-24(5-2)30(23)27-15-21(6-10-32)14-22(16-27)7-11-33/h14-20H,4-13,32-35H2,1-3H3. The molecule has 194 valence electrons. The minimum Gasteiger partial charge on any atom is -0.497 e. The first kappa shape index (κ1) is 27.9. The lowest BCUT2D eigenvalue weighted by molar-refractivity contribution is 0.414. The molecule has 0 aliphatic carbocycles. The number of hydrogen-bond acceptors (Lipinski definition) is 5. The molecule has 0 bridgehead atoms. The average molecular weight is 489 g/mol. The zero-order valence-corrected chi connectivity index (χ0v) is 22.3. The van der Waals surface area contributed by atoms with E-state index >= 15 is 0 Å². The number of hydrogen-bond donors (Lipinski definition) is 4. The summed E-state index contributed by atoms with van der Waals surface area (Å²) >= 11 is 0. The topological polar surface area (TPSA) is 113 Å². The Labute approximate surface area is 217 Å². The van der Waals surface area contributed by atoms with E-state index in [4.69, 9.17) is 27.7 Å². The zero-order chi connectivity index (χ0) is 26.1. The van der Waals surface area contributed by atoms with Crippen molar-refractivity contribution >= 4 is 0 Å². The molecule has 0 amide bonds. The first-order valence-electron chi connectivity index (χ1n) is 13.3. The van der Waals surface area contributed by atoms with Crippen molar-refractivity contribution in [1.82, 2.24) is 0 Å². The highest BCUT2D eigenvalue weighted by molar-refractivity contribution is 5.81. The summed E-state index contributed by atoms with van der Waals surface area (Å²) in [5, 5.41) is 0. The quantitative estimate of drug-likeness (QED) is 0.289. The Morgan fingerprint density at radius 1 is 0.528 bits per heavy atom. The Kier molecular flexibility index (Phi) is 10.5. The molecule has 5 heteroatoms. The number of aryl methyl sites for hydroxylation is 2. The number of rotatable bonds is 13. The van der Waals surface area contributed by atoms with Crippen LogP contribution in [-0.2, 0) is 38.5 Å². The molecule has 0 unspecified atom stereocenters. The van der Waals surface area contributed by atoms with Gasteiger partial charge < -0.3 is 27.7 Å². The molecule has 0 atom stereocenters. The van der Waals surface area contributed by atoms with Gasteiger partial charge in [0.1, 0.15) is 5.75 Å². The minimum absolute atomic E-state index is 0.583. The lowest BCUT2D eigenvalue weighted by atomic mass is 9.84. The molecule has 0 aliphatic heterocycles. The number of benzene rings is 3. The highest BCUT2D eigenvalue weighted by Crippen LogP contribution is 2.38. The molecular formula is C31H44N4O. The third-order valence-corrected chi connectivity index (χ3v) is 6.90. The molecule has 36 heavy (non-hydrogen) atoms. The largest absolute Gasteiger partial charge is 0.497 e. The molecule has 0 fully saturated rings. The Morgan fingerprint density at radius 3 is 1.33 bits per heavy atom. The molecule has 3 rings (SSSR count). The van der Waals surface area contributed by atoms with E-state index in [1.807, 2.05) is 0 Å². The van der Waals surface area contributed by atoms with Crippen molar-refractivity contribution in [3.63, 3.8) is 0 Å². The van der Waals surface area contributed by atoms with Crippen LogP contribution in [0.5, 0.6) is 5.75 Å². The van der Waals surface area contributed by atoms with Crippen LogP contribution in [0.2, 0.25) is 0 Å². The second-order valence-corrected chi connectivity index (χ2v) is 9.39. The molecule has 0 saturated heterocycles. The van der Waals surface area contributed by atoms with Crippen LogP contribution < -0.4 is 27.7 Å². The van der Waals surface area contributed by atoms with E-state index in [9.17, 15) is 0 Å². The highest BCUT2D eigenvalue weighted by Gasteiger charge is 2.18. The van der Waals surface area contributed by atoms with Crippen molar-refractivity contribution < 1.29 is 4.74 Å². The van der Waals surface area contributed by atoms with Gasteiger partial charge in [0, 0.05) is 0 Å². The van der Waals surface area contributed by atoms with Crippen molar-refractivity contribution in [2.24, 2.45) is 22.9 Å². The SMILES string of the molecule is CCc1cc(-c2c(CCN)cc(OC)cc2CCN)cc(CC)c1-c1cc(CCN)cc(CCN)c1. The van der Waals surface area contributed by atoms with E-state index in [0.29, 0.717) is 26.2 Å². The van der Waals surface area contributed by atoms with Crippen molar-refractivity contribution in [2.45, 2.75) is 52.4 Å². The van der Waals surface area contributed by atoms with Gasteiger partial charge in [0.25, 0.3) is 0 Å². The zero-order valence-electron chi connectivity index (χ0n) is 22.3. The first-order valence-corrected chi connectivity index (χ1v) is 13.3. The van der Waals surface area contributed by atoms with Gasteiger partial charge in [0.2, 0.25) is 0 Å². The summed E-state index contributed by atoms with van der Waals surface area (Å²) in [7, 11) is 1.71. The van der Waals surface area contributed by atoms with Gasteiger partial charge in [-0.1, -0.05) is 44.2 Å². The van der Waals surface area contributed by atoms with Crippen molar-refractivity contribution in [2.75, 3.05) is 33.3 Å². The van der Waals surface area contributed by atoms with E-state index in [-0.39, 0.29) is 0 Å². The molecule has 0 aromatic heterocycles. The van der Waals surface area contributed by atoms with Gasteiger partial charge in [-0.05, 0) is 132 Å². The molecule has 5 nitrogen and oxygen atoms in total. The predicted molar refractivity (Wildman–Crippen MR) is 154 cm³/mol. The highest BCUT2D eigenvalue weighted by atomic mass is 16.5. The van der Waals surface area contributed by atoms with Crippen LogP contribution in [0.1, 0.15) is 47.2 Å². The fourth-order valence-electron chi connectivity index (χ4n) is 5.30. The molecule has 3 aromatic carbocycles. The minimum atomic E-state index is 0.583. The van der Waals surface area contributed by atoms with Gasteiger partial charge in [-0.25, -0.2) is 0 Å². The molecular weight excluding hydrogens is 444 g/mol. The maximum absolute atomic E-state index is 6.03. The Balaban J connectivity index is 2.28. The van der Waals surface area contributed by atoms with Crippen LogP contribution in [0.25, 0.3) is 22.3 Å². The van der Waals surface area contributed by atoms with Crippen LogP contribution in [0, 0.1) is 0 Å². The lowest BCUT2D eigenvalue weighted by Gasteiger charge is -2.22. The number of ether oxygens (including phenoxy) is 1. The van der Waals surface area contributed by atoms with Gasteiger partial charge >= 0.3 is 0 Å². The summed E-state index contributed by atoms with van der Waals surface area (Å²) in [6, 6.07) is 15.9. The van der Waals surface area contributed by atoms with Crippen LogP contribution >= 0.6 is 0 Å². The first-order chi connectivity index (χ1) is 17.5. The Hall–Kier alpha value is -2.70. The Morgan fingerprint density at radius 2 is 0.944 bits per heavy atom. The molecule has 0 spiro atoms. The maximum Gasteiger partial charge on any atom is 0.119 e.